The van der Waals surface area contributed by atoms with Crippen molar-refractivity contribution in [2.45, 2.75) is 44.6 Å². The van der Waals surface area contributed by atoms with E-state index < -0.39 is 5.91 Å². The number of benzene rings is 1. The van der Waals surface area contributed by atoms with Crippen LogP contribution in [0.5, 0.6) is 0 Å². The highest BCUT2D eigenvalue weighted by molar-refractivity contribution is 5.92. The number of piperidine rings is 1. The van der Waals surface area contributed by atoms with Gasteiger partial charge in [-0.1, -0.05) is 12.1 Å². The molecule has 0 atom stereocenters. The summed E-state index contributed by atoms with van der Waals surface area (Å²) in [5, 5.41) is 0. The van der Waals surface area contributed by atoms with Crippen LogP contribution < -0.4 is 5.73 Å². The monoisotopic (exact) mass is 329 g/mol. The summed E-state index contributed by atoms with van der Waals surface area (Å²) in [7, 11) is 0. The Labute approximate surface area is 143 Å². The van der Waals surface area contributed by atoms with Gasteiger partial charge in [0.15, 0.2) is 0 Å². The number of nitrogens with zero attached hydrogens (tertiary/aromatic N) is 2. The van der Waals surface area contributed by atoms with Crippen LogP contribution in [0.4, 0.5) is 0 Å². The number of amides is 2. The number of hydrogen-bond acceptors (Lipinski definition) is 3. The standard InChI is InChI=1S/C19H27N3O2/c1-19(22-10-2-3-11-22)8-12-21(13-9-19)17(23)14-15-4-6-16(7-5-15)18(20)24/h4-7H,2-3,8-14H2,1H3,(H2,20,24). The van der Waals surface area contributed by atoms with Crippen LogP contribution in [0.1, 0.15) is 48.5 Å². The summed E-state index contributed by atoms with van der Waals surface area (Å²) in [4.78, 5) is 28.2. The molecule has 5 nitrogen and oxygen atoms in total. The summed E-state index contributed by atoms with van der Waals surface area (Å²) in [6, 6.07) is 7.00. The van der Waals surface area contributed by atoms with Crippen molar-refractivity contribution in [3.8, 4) is 0 Å². The van der Waals surface area contributed by atoms with Gasteiger partial charge >= 0.3 is 0 Å². The largest absolute Gasteiger partial charge is 0.366 e. The van der Waals surface area contributed by atoms with Crippen LogP contribution in [0.3, 0.4) is 0 Å². The minimum Gasteiger partial charge on any atom is -0.366 e. The van der Waals surface area contributed by atoms with Crippen molar-refractivity contribution in [1.82, 2.24) is 9.80 Å². The Hall–Kier alpha value is -1.88. The van der Waals surface area contributed by atoms with Crippen LogP contribution in [0.2, 0.25) is 0 Å². The van der Waals surface area contributed by atoms with E-state index in [4.69, 9.17) is 5.73 Å². The van der Waals surface area contributed by atoms with Crippen molar-refractivity contribution in [2.75, 3.05) is 26.2 Å². The molecule has 2 N–H and O–H groups in total. The molecule has 2 aliphatic rings. The second-order valence-corrected chi connectivity index (χ2v) is 7.31. The average Bonchev–Trinajstić information content (AvgIpc) is 3.11. The predicted octanol–water partition coefficient (Wildman–Crippen LogP) is 1.80. The summed E-state index contributed by atoms with van der Waals surface area (Å²) in [5.41, 5.74) is 6.91. The lowest BCUT2D eigenvalue weighted by atomic mass is 9.87. The van der Waals surface area contributed by atoms with Gasteiger partial charge in [-0.2, -0.15) is 0 Å². The first-order valence-corrected chi connectivity index (χ1v) is 8.89. The van der Waals surface area contributed by atoms with Crippen LogP contribution in [0, 0.1) is 0 Å². The second kappa shape index (κ2) is 6.93. The number of nitrogens with two attached hydrogens (primary N) is 1. The van der Waals surface area contributed by atoms with Crippen LogP contribution >= 0.6 is 0 Å². The Morgan fingerprint density at radius 3 is 2.17 bits per heavy atom. The van der Waals surface area contributed by atoms with E-state index in [2.05, 4.69) is 11.8 Å². The summed E-state index contributed by atoms with van der Waals surface area (Å²) in [5.74, 6) is -0.268. The van der Waals surface area contributed by atoms with Gasteiger partial charge < -0.3 is 10.6 Å². The maximum atomic E-state index is 12.5. The number of carbonyl (C=O) groups is 2. The zero-order valence-corrected chi connectivity index (χ0v) is 14.5. The van der Waals surface area contributed by atoms with Crippen molar-refractivity contribution in [3.05, 3.63) is 35.4 Å². The fourth-order valence-corrected chi connectivity index (χ4v) is 3.88. The summed E-state index contributed by atoms with van der Waals surface area (Å²) < 4.78 is 0. The lowest BCUT2D eigenvalue weighted by Crippen LogP contribution is -2.53. The first-order valence-electron chi connectivity index (χ1n) is 8.89. The van der Waals surface area contributed by atoms with Gasteiger partial charge in [-0.15, -0.1) is 0 Å². The minimum absolute atomic E-state index is 0.172. The molecule has 2 heterocycles. The Bertz CT molecular complexity index is 598. The summed E-state index contributed by atoms with van der Waals surface area (Å²) in [6.45, 7) is 6.44. The molecule has 1 aromatic carbocycles. The fraction of sp³-hybridized carbons (Fsp3) is 0.579. The molecule has 0 bridgehead atoms. The molecule has 0 radical (unpaired) electrons. The second-order valence-electron chi connectivity index (χ2n) is 7.31. The lowest BCUT2D eigenvalue weighted by Gasteiger charge is -2.45. The Balaban J connectivity index is 1.54. The van der Waals surface area contributed by atoms with E-state index in [1.54, 1.807) is 12.1 Å². The quantitative estimate of drug-likeness (QED) is 0.916. The maximum absolute atomic E-state index is 12.5. The van der Waals surface area contributed by atoms with E-state index in [9.17, 15) is 9.59 Å². The molecule has 0 unspecified atom stereocenters. The van der Waals surface area contributed by atoms with Gasteiger partial charge in [-0.3, -0.25) is 14.5 Å². The molecule has 1 aromatic rings. The van der Waals surface area contributed by atoms with Crippen molar-refractivity contribution in [1.29, 1.82) is 0 Å². The highest BCUT2D eigenvalue weighted by Gasteiger charge is 2.37. The molecular formula is C19H27N3O2. The topological polar surface area (TPSA) is 66.6 Å². The van der Waals surface area contributed by atoms with Gasteiger partial charge in [0.1, 0.15) is 0 Å². The molecule has 0 aliphatic carbocycles. The number of carbonyl (C=O) groups excluding carboxylic acids is 2. The molecule has 2 aliphatic heterocycles. The summed E-state index contributed by atoms with van der Waals surface area (Å²) in [6.07, 6.45) is 5.11. The first kappa shape index (κ1) is 17.0. The van der Waals surface area contributed by atoms with Gasteiger partial charge in [0.25, 0.3) is 0 Å². The third-order valence-electron chi connectivity index (χ3n) is 5.66. The van der Waals surface area contributed by atoms with Gasteiger partial charge in [-0.05, 0) is 63.4 Å². The van der Waals surface area contributed by atoms with E-state index in [1.807, 2.05) is 17.0 Å². The molecule has 24 heavy (non-hydrogen) atoms. The van der Waals surface area contributed by atoms with Gasteiger partial charge in [0.2, 0.25) is 11.8 Å². The van der Waals surface area contributed by atoms with E-state index in [0.29, 0.717) is 12.0 Å². The Morgan fingerprint density at radius 2 is 1.62 bits per heavy atom. The third kappa shape index (κ3) is 3.61. The summed E-state index contributed by atoms with van der Waals surface area (Å²) >= 11 is 0. The van der Waals surface area contributed by atoms with Gasteiger partial charge in [0, 0.05) is 24.2 Å². The Morgan fingerprint density at radius 1 is 1.04 bits per heavy atom. The van der Waals surface area contributed by atoms with Crippen molar-refractivity contribution in [2.24, 2.45) is 5.73 Å². The molecular weight excluding hydrogens is 302 g/mol. The van der Waals surface area contributed by atoms with Crippen molar-refractivity contribution in [3.63, 3.8) is 0 Å². The molecule has 2 fully saturated rings. The third-order valence-corrected chi connectivity index (χ3v) is 5.66. The highest BCUT2D eigenvalue weighted by Crippen LogP contribution is 2.31. The Kier molecular flexibility index (Phi) is 4.90. The highest BCUT2D eigenvalue weighted by atomic mass is 16.2. The molecule has 3 rings (SSSR count). The van der Waals surface area contributed by atoms with Gasteiger partial charge in [-0.25, -0.2) is 0 Å². The molecule has 5 heteroatoms. The number of likely N-dealkylation sites (tertiary alicyclic amines) is 2. The normalized spacial score (nSPS) is 21.0. The first-order chi connectivity index (χ1) is 11.5. The number of hydrogen-bond donors (Lipinski definition) is 1. The average molecular weight is 329 g/mol. The van der Waals surface area contributed by atoms with Crippen LogP contribution in [-0.2, 0) is 11.2 Å². The molecule has 2 saturated heterocycles. The van der Waals surface area contributed by atoms with Crippen LogP contribution in [0.15, 0.2) is 24.3 Å². The zero-order chi connectivity index (χ0) is 17.2. The molecule has 0 spiro atoms. The van der Waals surface area contributed by atoms with E-state index in [0.717, 1.165) is 31.5 Å². The molecule has 130 valence electrons. The van der Waals surface area contributed by atoms with E-state index in [-0.39, 0.29) is 11.4 Å². The molecule has 2 amide bonds. The zero-order valence-electron chi connectivity index (χ0n) is 14.5. The smallest absolute Gasteiger partial charge is 0.248 e. The maximum Gasteiger partial charge on any atom is 0.248 e. The van der Waals surface area contributed by atoms with Crippen LogP contribution in [0.25, 0.3) is 0 Å². The van der Waals surface area contributed by atoms with Crippen molar-refractivity contribution < 1.29 is 9.59 Å². The fourth-order valence-electron chi connectivity index (χ4n) is 3.88. The lowest BCUT2D eigenvalue weighted by molar-refractivity contribution is -0.133. The van der Waals surface area contributed by atoms with Crippen molar-refractivity contribution >= 4 is 11.8 Å². The van der Waals surface area contributed by atoms with E-state index in [1.165, 1.54) is 25.9 Å². The SMILES string of the molecule is CC1(N2CCCC2)CCN(C(=O)Cc2ccc(C(N)=O)cc2)CC1. The number of primary amides is 1. The van der Waals surface area contributed by atoms with E-state index >= 15 is 0 Å². The van der Waals surface area contributed by atoms with Gasteiger partial charge in [0.05, 0.1) is 6.42 Å². The number of rotatable bonds is 4. The predicted molar refractivity (Wildman–Crippen MR) is 93.7 cm³/mol. The van der Waals surface area contributed by atoms with Crippen LogP contribution in [-0.4, -0.2) is 53.3 Å². The minimum atomic E-state index is -0.440. The molecule has 0 aromatic heterocycles. The molecule has 0 saturated carbocycles.